The van der Waals surface area contributed by atoms with Gasteiger partial charge in [0.25, 0.3) is 8.32 Å². The molecule has 2 aromatic carbocycles. The lowest BCUT2D eigenvalue weighted by molar-refractivity contribution is 0.480. The highest BCUT2D eigenvalue weighted by molar-refractivity contribution is 6.78. The van der Waals surface area contributed by atoms with Crippen molar-refractivity contribution < 1.29 is 8.82 Å². The van der Waals surface area contributed by atoms with E-state index >= 15 is 0 Å². The highest BCUT2D eigenvalue weighted by Crippen LogP contribution is 2.43. The molecule has 0 aliphatic rings. The van der Waals surface area contributed by atoms with E-state index in [2.05, 4.69) is 41.5 Å². The van der Waals surface area contributed by atoms with Gasteiger partial charge in [-0.3, -0.25) is 0 Å². The summed E-state index contributed by atoms with van der Waals surface area (Å²) in [4.78, 5) is 0. The number of halogens is 2. The van der Waals surface area contributed by atoms with Crippen molar-refractivity contribution in [1.29, 1.82) is 0 Å². The fourth-order valence-corrected chi connectivity index (χ4v) is 9.34. The molecule has 2 rings (SSSR count). The molecule has 2 aromatic rings. The van der Waals surface area contributed by atoms with Crippen LogP contribution in [0, 0.1) is 5.82 Å². The second kappa shape index (κ2) is 6.82. The largest absolute Gasteiger partial charge is 0.543 e. The average molecular weight is 353 g/mol. The molecule has 0 fully saturated rings. The Morgan fingerprint density at radius 3 is 2.00 bits per heavy atom. The maximum absolute atomic E-state index is 13.6. The summed E-state index contributed by atoms with van der Waals surface area (Å²) < 4.78 is 20.2. The first-order valence-corrected chi connectivity index (χ1v) is 10.8. The van der Waals surface area contributed by atoms with Crippen molar-refractivity contribution in [3.05, 3.63) is 41.2 Å². The van der Waals surface area contributed by atoms with E-state index in [1.165, 1.54) is 6.07 Å². The van der Waals surface area contributed by atoms with Gasteiger partial charge in [0.05, 0.1) is 5.02 Å². The van der Waals surface area contributed by atoms with E-state index in [9.17, 15) is 4.39 Å². The maximum atomic E-state index is 13.6. The monoisotopic (exact) mass is 352 g/mol. The first-order chi connectivity index (χ1) is 10.7. The first kappa shape index (κ1) is 18.3. The van der Waals surface area contributed by atoms with Crippen molar-refractivity contribution in [3.63, 3.8) is 0 Å². The van der Waals surface area contributed by atoms with Crippen molar-refractivity contribution in [3.8, 4) is 5.75 Å². The highest BCUT2D eigenvalue weighted by Gasteiger charge is 2.46. The third kappa shape index (κ3) is 3.27. The Hall–Kier alpha value is -1.06. The van der Waals surface area contributed by atoms with E-state index < -0.39 is 8.32 Å². The van der Waals surface area contributed by atoms with Crippen LogP contribution in [0.3, 0.4) is 0 Å². The zero-order chi connectivity index (χ0) is 17.4. The lowest BCUT2D eigenvalue weighted by Crippen LogP contribution is -2.50. The van der Waals surface area contributed by atoms with Gasteiger partial charge in [-0.15, -0.1) is 0 Å². The summed E-state index contributed by atoms with van der Waals surface area (Å²) in [5, 5.41) is 1.81. The average Bonchev–Trinajstić information content (AvgIpc) is 2.47. The number of hydrogen-bond acceptors (Lipinski definition) is 1. The van der Waals surface area contributed by atoms with Crippen LogP contribution >= 0.6 is 11.6 Å². The standard InChI is InChI=1S/C19H26ClFOSi/c1-12(2)23(13(3)4,14(5)6)22-16-8-9-17-15(11-16)7-10-18(21)19(17)20/h7-14H,1-6H3. The van der Waals surface area contributed by atoms with Crippen LogP contribution in [0.1, 0.15) is 41.5 Å². The third-order valence-electron chi connectivity index (χ3n) is 4.88. The van der Waals surface area contributed by atoms with Gasteiger partial charge in [-0.1, -0.05) is 59.2 Å². The Bertz CT molecular complexity index is 675. The fraction of sp³-hybridized carbons (Fsp3) is 0.474. The summed E-state index contributed by atoms with van der Waals surface area (Å²) in [6.45, 7) is 13.6. The van der Waals surface area contributed by atoms with Crippen LogP contribution in [-0.2, 0) is 0 Å². The zero-order valence-corrected chi connectivity index (χ0v) is 16.5. The lowest BCUT2D eigenvalue weighted by atomic mass is 10.1. The molecule has 1 nitrogen and oxygen atoms in total. The number of benzene rings is 2. The Morgan fingerprint density at radius 1 is 0.913 bits per heavy atom. The molecule has 0 saturated carbocycles. The Kier molecular flexibility index (Phi) is 5.42. The molecule has 0 amide bonds. The smallest absolute Gasteiger partial charge is 0.258 e. The molecule has 0 N–H and O–H groups in total. The minimum atomic E-state index is -1.99. The summed E-state index contributed by atoms with van der Waals surface area (Å²) in [6, 6.07) is 8.92. The first-order valence-electron chi connectivity index (χ1n) is 8.27. The molecule has 0 bridgehead atoms. The van der Waals surface area contributed by atoms with Crippen molar-refractivity contribution in [2.75, 3.05) is 0 Å². The van der Waals surface area contributed by atoms with Gasteiger partial charge < -0.3 is 4.43 Å². The van der Waals surface area contributed by atoms with Crippen LogP contribution in [0.2, 0.25) is 21.6 Å². The fourth-order valence-electron chi connectivity index (χ4n) is 3.86. The van der Waals surface area contributed by atoms with Crippen molar-refractivity contribution in [2.45, 2.75) is 58.2 Å². The van der Waals surface area contributed by atoms with Crippen molar-refractivity contribution >= 4 is 30.7 Å². The van der Waals surface area contributed by atoms with Crippen LogP contribution in [-0.4, -0.2) is 8.32 Å². The summed E-state index contributed by atoms with van der Waals surface area (Å²) in [6.07, 6.45) is 0. The van der Waals surface area contributed by atoms with Crippen LogP contribution in [0.15, 0.2) is 30.3 Å². The number of rotatable bonds is 5. The van der Waals surface area contributed by atoms with Crippen LogP contribution in [0.4, 0.5) is 4.39 Å². The van der Waals surface area contributed by atoms with Crippen LogP contribution < -0.4 is 4.43 Å². The molecular formula is C19H26ClFOSi. The van der Waals surface area contributed by atoms with Gasteiger partial charge >= 0.3 is 0 Å². The number of fused-ring (bicyclic) bond motifs is 1. The van der Waals surface area contributed by atoms with Crippen LogP contribution in [0.5, 0.6) is 5.75 Å². The minimum Gasteiger partial charge on any atom is -0.543 e. The SMILES string of the molecule is CC(C)[Si](Oc1ccc2c(Cl)c(F)ccc2c1)(C(C)C)C(C)C. The minimum absolute atomic E-state index is 0.175. The van der Waals surface area contributed by atoms with Crippen molar-refractivity contribution in [2.24, 2.45) is 0 Å². The molecular weight excluding hydrogens is 327 g/mol. The summed E-state index contributed by atoms with van der Waals surface area (Å²) in [5.41, 5.74) is 1.53. The second-order valence-corrected chi connectivity index (χ2v) is 12.9. The van der Waals surface area contributed by atoms with Gasteiger partial charge in [-0.25, -0.2) is 4.39 Å². The van der Waals surface area contributed by atoms with E-state index in [0.717, 1.165) is 16.5 Å². The quantitative estimate of drug-likeness (QED) is 0.517. The molecule has 4 heteroatoms. The molecule has 0 atom stereocenters. The van der Waals surface area contributed by atoms with E-state index in [-0.39, 0.29) is 10.8 Å². The van der Waals surface area contributed by atoms with Gasteiger partial charge in [-0.05, 0) is 46.3 Å². The predicted octanol–water partition coefficient (Wildman–Crippen LogP) is 7.19. The predicted molar refractivity (Wildman–Crippen MR) is 101 cm³/mol. The second-order valence-electron chi connectivity index (χ2n) is 7.16. The maximum Gasteiger partial charge on any atom is 0.258 e. The van der Waals surface area contributed by atoms with Crippen molar-refractivity contribution in [1.82, 2.24) is 0 Å². The van der Waals surface area contributed by atoms with E-state index in [4.69, 9.17) is 16.0 Å². The Labute approximate surface area is 144 Å². The van der Waals surface area contributed by atoms with Gasteiger partial charge in [0.1, 0.15) is 11.6 Å². The highest BCUT2D eigenvalue weighted by atomic mass is 35.5. The van der Waals surface area contributed by atoms with E-state index in [1.54, 1.807) is 6.07 Å². The van der Waals surface area contributed by atoms with Gasteiger partial charge in [0, 0.05) is 5.39 Å². The van der Waals surface area contributed by atoms with E-state index in [0.29, 0.717) is 16.6 Å². The zero-order valence-electron chi connectivity index (χ0n) is 14.8. The third-order valence-corrected chi connectivity index (χ3v) is 11.3. The summed E-state index contributed by atoms with van der Waals surface area (Å²) >= 11 is 6.06. The van der Waals surface area contributed by atoms with Gasteiger partial charge in [-0.2, -0.15) is 0 Å². The van der Waals surface area contributed by atoms with Crippen LogP contribution in [0.25, 0.3) is 10.8 Å². The summed E-state index contributed by atoms with van der Waals surface area (Å²) in [5.74, 6) is 0.478. The summed E-state index contributed by atoms with van der Waals surface area (Å²) in [7, 11) is -1.99. The molecule has 23 heavy (non-hydrogen) atoms. The molecule has 0 unspecified atom stereocenters. The molecule has 126 valence electrons. The Balaban J connectivity index is 2.49. The lowest BCUT2D eigenvalue weighted by Gasteiger charge is -2.42. The Morgan fingerprint density at radius 2 is 1.48 bits per heavy atom. The number of hydrogen-bond donors (Lipinski definition) is 0. The molecule has 0 saturated heterocycles. The normalized spacial score (nSPS) is 12.7. The molecule has 0 radical (unpaired) electrons. The van der Waals surface area contributed by atoms with Gasteiger partial charge in [0.15, 0.2) is 0 Å². The molecule has 0 aromatic heterocycles. The van der Waals surface area contributed by atoms with Gasteiger partial charge in [0.2, 0.25) is 0 Å². The topological polar surface area (TPSA) is 9.23 Å². The molecule has 0 heterocycles. The van der Waals surface area contributed by atoms with E-state index in [1.807, 2.05) is 18.2 Å². The molecule has 0 spiro atoms. The molecule has 0 aliphatic heterocycles. The molecule has 0 aliphatic carbocycles.